The van der Waals surface area contributed by atoms with Crippen molar-refractivity contribution >= 4 is 39.0 Å². The Morgan fingerprint density at radius 2 is 2.21 bits per heavy atom. The molecule has 34 heavy (non-hydrogen) atoms. The highest BCUT2D eigenvalue weighted by molar-refractivity contribution is 7.21. The van der Waals surface area contributed by atoms with Gasteiger partial charge in [0, 0.05) is 44.4 Å². The first kappa shape index (κ1) is 22.9. The lowest BCUT2D eigenvalue weighted by atomic mass is 9.99. The Hall–Kier alpha value is -2.89. The van der Waals surface area contributed by atoms with Crippen molar-refractivity contribution in [1.29, 1.82) is 0 Å². The fraction of sp³-hybridized carbons (Fsp3) is 0.435. The Labute approximate surface area is 199 Å². The zero-order chi connectivity index (χ0) is 24.0. The highest BCUT2D eigenvalue weighted by atomic mass is 32.1. The molecule has 3 fully saturated rings. The average Bonchev–Trinajstić information content (AvgIpc) is 2.98. The number of thiophene rings is 1. The summed E-state index contributed by atoms with van der Waals surface area (Å²) in [7, 11) is 0. The fourth-order valence-electron chi connectivity index (χ4n) is 4.48. The first-order valence-electron chi connectivity index (χ1n) is 11.2. The number of aromatic nitrogens is 2. The van der Waals surface area contributed by atoms with E-state index in [1.807, 2.05) is 11.8 Å². The van der Waals surface area contributed by atoms with Crippen LogP contribution in [-0.2, 0) is 4.74 Å². The second-order valence-corrected chi connectivity index (χ2v) is 9.87. The van der Waals surface area contributed by atoms with Gasteiger partial charge < -0.3 is 26.0 Å². The number of hydrogen-bond acceptors (Lipinski definition) is 8. The van der Waals surface area contributed by atoms with Crippen molar-refractivity contribution in [1.82, 2.24) is 20.6 Å². The molecule has 8 nitrogen and oxygen atoms in total. The SMILES string of the molecule is Cc1cnc2c(N)c(C(=O)NC[C@H](C)c3cc(F)c(N4CC5CNCC4CO5)cc3F)sc2n1. The smallest absolute Gasteiger partial charge is 0.263 e. The largest absolute Gasteiger partial charge is 0.396 e. The molecule has 0 saturated carbocycles. The zero-order valence-corrected chi connectivity index (χ0v) is 19.7. The molecule has 0 radical (unpaired) electrons. The van der Waals surface area contributed by atoms with Gasteiger partial charge in [-0.25, -0.2) is 18.7 Å². The molecule has 1 amide bonds. The van der Waals surface area contributed by atoms with Gasteiger partial charge in [0.25, 0.3) is 5.91 Å². The number of nitrogens with zero attached hydrogens (tertiary/aromatic N) is 3. The maximum Gasteiger partial charge on any atom is 0.263 e. The topological polar surface area (TPSA) is 105 Å². The summed E-state index contributed by atoms with van der Waals surface area (Å²) in [6, 6.07) is 2.45. The van der Waals surface area contributed by atoms with Crippen molar-refractivity contribution in [2.24, 2.45) is 0 Å². The normalized spacial score (nSPS) is 21.0. The Bertz CT molecular complexity index is 1250. The Morgan fingerprint density at radius 3 is 3.03 bits per heavy atom. The molecule has 4 N–H and O–H groups in total. The number of morpholine rings is 1. The van der Waals surface area contributed by atoms with Crippen LogP contribution in [0.5, 0.6) is 0 Å². The van der Waals surface area contributed by atoms with Gasteiger partial charge in [0.1, 0.15) is 26.9 Å². The highest BCUT2D eigenvalue weighted by Gasteiger charge is 2.34. The number of anilines is 2. The van der Waals surface area contributed by atoms with E-state index in [2.05, 4.69) is 20.6 Å². The van der Waals surface area contributed by atoms with Gasteiger partial charge in [-0.2, -0.15) is 0 Å². The summed E-state index contributed by atoms with van der Waals surface area (Å²) in [5, 5.41) is 6.07. The average molecular weight is 489 g/mol. The number of carbonyl (C=O) groups is 1. The van der Waals surface area contributed by atoms with Gasteiger partial charge in [-0.3, -0.25) is 4.79 Å². The Balaban J connectivity index is 1.30. The summed E-state index contributed by atoms with van der Waals surface area (Å²) in [6.45, 7) is 6.02. The van der Waals surface area contributed by atoms with E-state index in [4.69, 9.17) is 10.5 Å². The molecule has 0 spiro atoms. The fourth-order valence-corrected chi connectivity index (χ4v) is 5.50. The highest BCUT2D eigenvalue weighted by Crippen LogP contribution is 2.32. The lowest BCUT2D eigenvalue weighted by Gasteiger charge is -2.38. The quantitative estimate of drug-likeness (QED) is 0.507. The van der Waals surface area contributed by atoms with Crippen LogP contribution in [0.3, 0.4) is 0 Å². The zero-order valence-electron chi connectivity index (χ0n) is 18.9. The summed E-state index contributed by atoms with van der Waals surface area (Å²) in [4.78, 5) is 24.1. The third-order valence-corrected chi connectivity index (χ3v) is 7.45. The van der Waals surface area contributed by atoms with Crippen molar-refractivity contribution in [2.45, 2.75) is 31.9 Å². The third-order valence-electron chi connectivity index (χ3n) is 6.36. The number of fused-ring (bicyclic) bond motifs is 5. The second kappa shape index (κ2) is 9.05. The molecule has 2 bridgehead atoms. The van der Waals surface area contributed by atoms with Gasteiger partial charge in [0.15, 0.2) is 0 Å². The number of aryl methyl sites for hydroxylation is 1. The minimum Gasteiger partial charge on any atom is -0.396 e. The third kappa shape index (κ3) is 4.19. The van der Waals surface area contributed by atoms with Crippen LogP contribution in [0.1, 0.15) is 33.8 Å². The van der Waals surface area contributed by atoms with Crippen LogP contribution >= 0.6 is 11.3 Å². The maximum atomic E-state index is 15.1. The number of nitrogens with two attached hydrogens (primary N) is 1. The predicted octanol–water partition coefficient (Wildman–Crippen LogP) is 2.57. The number of nitrogen functional groups attached to an aromatic ring is 1. The maximum absolute atomic E-state index is 15.1. The standard InChI is InChI=1S/C23H26F2N6O2S/c1-11(5-29-22(32)21-19(26)20-23(34-21)30-12(2)6-28-20)15-3-17(25)18(4-16(15)24)31-9-14-8-27-7-13(31)10-33-14/h3-4,6,11,13-14,27H,5,7-10,26H2,1-2H3,(H,29,32)/t11-,13?,14?/m0/s1. The van der Waals surface area contributed by atoms with Gasteiger partial charge >= 0.3 is 0 Å². The van der Waals surface area contributed by atoms with Crippen molar-refractivity contribution in [3.05, 3.63) is 46.1 Å². The molecule has 2 aromatic heterocycles. The van der Waals surface area contributed by atoms with E-state index >= 15 is 8.78 Å². The molecule has 5 heterocycles. The van der Waals surface area contributed by atoms with Crippen LogP contribution in [0, 0.1) is 18.6 Å². The number of benzene rings is 1. The van der Waals surface area contributed by atoms with Crippen LogP contribution in [0.25, 0.3) is 10.3 Å². The van der Waals surface area contributed by atoms with Crippen molar-refractivity contribution in [3.8, 4) is 0 Å². The lowest BCUT2D eigenvalue weighted by Crippen LogP contribution is -2.49. The molecule has 6 rings (SSSR count). The minimum absolute atomic E-state index is 0.0465. The van der Waals surface area contributed by atoms with Crippen molar-refractivity contribution < 1.29 is 18.3 Å². The summed E-state index contributed by atoms with van der Waals surface area (Å²) in [6.07, 6.45) is 1.54. The first-order valence-corrected chi connectivity index (χ1v) is 12.0. The molecule has 0 aliphatic carbocycles. The number of halogens is 2. The van der Waals surface area contributed by atoms with E-state index in [9.17, 15) is 4.79 Å². The Morgan fingerprint density at radius 1 is 1.38 bits per heavy atom. The minimum atomic E-state index is -0.502. The number of carbonyl (C=O) groups excluding carboxylic acids is 1. The number of amides is 1. The van der Waals surface area contributed by atoms with E-state index in [1.165, 1.54) is 12.1 Å². The van der Waals surface area contributed by atoms with Gasteiger partial charge in [-0.05, 0) is 18.6 Å². The van der Waals surface area contributed by atoms with Crippen molar-refractivity contribution in [2.75, 3.05) is 43.4 Å². The molecule has 180 valence electrons. The van der Waals surface area contributed by atoms with Gasteiger partial charge in [-0.1, -0.05) is 6.92 Å². The van der Waals surface area contributed by atoms with Gasteiger partial charge in [0.05, 0.1) is 35.8 Å². The van der Waals surface area contributed by atoms with E-state index in [-0.39, 0.29) is 35.6 Å². The molecule has 3 aromatic rings. The van der Waals surface area contributed by atoms with Crippen LogP contribution in [-0.4, -0.2) is 60.8 Å². The van der Waals surface area contributed by atoms with E-state index in [0.29, 0.717) is 41.5 Å². The molecule has 3 saturated heterocycles. The molecule has 11 heteroatoms. The molecule has 1 aromatic carbocycles. The monoisotopic (exact) mass is 488 g/mol. The summed E-state index contributed by atoms with van der Waals surface area (Å²) in [5.41, 5.74) is 8.03. The van der Waals surface area contributed by atoms with Crippen LogP contribution in [0.4, 0.5) is 20.2 Å². The van der Waals surface area contributed by atoms with E-state index in [1.54, 1.807) is 13.1 Å². The first-order chi connectivity index (χ1) is 16.3. The summed E-state index contributed by atoms with van der Waals surface area (Å²) in [5.74, 6) is -1.83. The number of ether oxygens (including phenoxy) is 1. The van der Waals surface area contributed by atoms with Crippen LogP contribution in [0.2, 0.25) is 0 Å². The summed E-state index contributed by atoms with van der Waals surface area (Å²) >= 11 is 1.16. The molecule has 3 aliphatic heterocycles. The second-order valence-electron chi connectivity index (χ2n) is 8.87. The molecular formula is C23H26F2N6O2S. The summed E-state index contributed by atoms with van der Waals surface area (Å²) < 4.78 is 35.9. The lowest BCUT2D eigenvalue weighted by molar-refractivity contribution is 0.0389. The van der Waals surface area contributed by atoms with E-state index in [0.717, 1.165) is 17.0 Å². The van der Waals surface area contributed by atoms with Crippen LogP contribution in [0.15, 0.2) is 18.3 Å². The molecule has 3 aliphatic rings. The van der Waals surface area contributed by atoms with E-state index < -0.39 is 23.5 Å². The van der Waals surface area contributed by atoms with Crippen molar-refractivity contribution in [3.63, 3.8) is 0 Å². The predicted molar refractivity (Wildman–Crippen MR) is 127 cm³/mol. The van der Waals surface area contributed by atoms with Crippen LogP contribution < -0.4 is 21.3 Å². The molecule has 3 atom stereocenters. The number of rotatable bonds is 5. The molecular weight excluding hydrogens is 462 g/mol. The number of hydrogen-bond donors (Lipinski definition) is 3. The molecule has 2 unspecified atom stereocenters. The van der Waals surface area contributed by atoms with Gasteiger partial charge in [-0.15, -0.1) is 11.3 Å². The number of nitrogens with one attached hydrogen (secondary N) is 2. The van der Waals surface area contributed by atoms with Gasteiger partial charge in [0.2, 0.25) is 0 Å². The Kier molecular flexibility index (Phi) is 6.09.